The molecule has 3 rings (SSSR count). The number of aryl methyl sites for hydroxylation is 1. The van der Waals surface area contributed by atoms with Gasteiger partial charge in [-0.1, -0.05) is 18.2 Å². The molecule has 2 aromatic heterocycles. The number of aromatic nitrogens is 3. The number of fused-ring (bicyclic) bond motifs is 1. The van der Waals surface area contributed by atoms with Crippen molar-refractivity contribution in [3.05, 3.63) is 46.4 Å². The third kappa shape index (κ3) is 1.57. The first kappa shape index (κ1) is 10.6. The highest BCUT2D eigenvalue weighted by Crippen LogP contribution is 2.30. The lowest BCUT2D eigenvalue weighted by atomic mass is 10.1. The molecule has 0 aliphatic carbocycles. The summed E-state index contributed by atoms with van der Waals surface area (Å²) in [7, 11) is 0. The second-order valence-electron chi connectivity index (χ2n) is 4.19. The molecule has 90 valence electrons. The Morgan fingerprint density at radius 2 is 2.00 bits per heavy atom. The molecule has 0 saturated heterocycles. The Morgan fingerprint density at radius 3 is 2.78 bits per heavy atom. The largest absolute Gasteiger partial charge is 0.369 e. The third-order valence-electron chi connectivity index (χ3n) is 2.91. The lowest BCUT2D eigenvalue weighted by Gasteiger charge is -2.01. The summed E-state index contributed by atoms with van der Waals surface area (Å²) in [6.07, 6.45) is 0. The molecule has 0 radical (unpaired) electrons. The Hall–Kier alpha value is -2.56. The molecule has 0 fully saturated rings. The normalized spacial score (nSPS) is 10.9. The minimum Gasteiger partial charge on any atom is -0.369 e. The molecule has 5 nitrogen and oxygen atoms in total. The monoisotopic (exact) mass is 240 g/mol. The van der Waals surface area contributed by atoms with Crippen molar-refractivity contribution in [2.24, 2.45) is 0 Å². The molecule has 0 aliphatic rings. The number of H-pyrrole nitrogens is 2. The van der Waals surface area contributed by atoms with E-state index in [0.29, 0.717) is 5.69 Å². The summed E-state index contributed by atoms with van der Waals surface area (Å²) in [5.41, 5.74) is 8.83. The van der Waals surface area contributed by atoms with E-state index in [0.717, 1.165) is 22.2 Å². The van der Waals surface area contributed by atoms with Gasteiger partial charge in [-0.3, -0.25) is 9.78 Å². The highest BCUT2D eigenvalue weighted by atomic mass is 16.1. The summed E-state index contributed by atoms with van der Waals surface area (Å²) >= 11 is 0. The van der Waals surface area contributed by atoms with Crippen LogP contribution < -0.4 is 11.3 Å². The smallest absolute Gasteiger partial charge is 0.252 e. The highest BCUT2D eigenvalue weighted by molar-refractivity contribution is 5.96. The van der Waals surface area contributed by atoms with Gasteiger partial charge in [0.25, 0.3) is 5.56 Å². The Kier molecular flexibility index (Phi) is 2.19. The number of nitrogens with zero attached hydrogens (tertiary/aromatic N) is 1. The summed E-state index contributed by atoms with van der Waals surface area (Å²) < 4.78 is 0. The van der Waals surface area contributed by atoms with Crippen LogP contribution in [0.15, 0.2) is 35.1 Å². The van der Waals surface area contributed by atoms with E-state index in [-0.39, 0.29) is 11.5 Å². The minimum absolute atomic E-state index is 0.127. The maximum atomic E-state index is 11.5. The van der Waals surface area contributed by atoms with Gasteiger partial charge >= 0.3 is 0 Å². The van der Waals surface area contributed by atoms with Crippen LogP contribution in [0.5, 0.6) is 0 Å². The Bertz CT molecular complexity index is 785. The van der Waals surface area contributed by atoms with Gasteiger partial charge in [0.15, 0.2) is 0 Å². The van der Waals surface area contributed by atoms with E-state index >= 15 is 0 Å². The fraction of sp³-hybridized carbons (Fsp3) is 0.0769. The number of nitrogens with two attached hydrogens (primary N) is 1. The second-order valence-corrected chi connectivity index (χ2v) is 4.19. The van der Waals surface area contributed by atoms with Crippen LogP contribution in [0, 0.1) is 6.92 Å². The van der Waals surface area contributed by atoms with Crippen molar-refractivity contribution in [1.82, 2.24) is 15.0 Å². The molecule has 4 N–H and O–H groups in total. The number of hydrogen-bond acceptors (Lipinski definition) is 3. The van der Waals surface area contributed by atoms with Crippen LogP contribution in [0.25, 0.3) is 22.2 Å². The first-order valence-corrected chi connectivity index (χ1v) is 5.59. The van der Waals surface area contributed by atoms with Crippen molar-refractivity contribution in [2.45, 2.75) is 6.92 Å². The van der Waals surface area contributed by atoms with E-state index in [1.807, 2.05) is 31.2 Å². The zero-order chi connectivity index (χ0) is 12.7. The fourth-order valence-corrected chi connectivity index (χ4v) is 2.21. The second kappa shape index (κ2) is 3.73. The van der Waals surface area contributed by atoms with Crippen LogP contribution in [0.2, 0.25) is 0 Å². The molecule has 2 heterocycles. The van der Waals surface area contributed by atoms with Gasteiger partial charge in [0.05, 0.1) is 5.69 Å². The predicted octanol–water partition coefficient (Wildman–Crippen LogP) is 1.81. The van der Waals surface area contributed by atoms with Gasteiger partial charge in [-0.05, 0) is 13.0 Å². The number of hydrogen-bond donors (Lipinski definition) is 3. The van der Waals surface area contributed by atoms with Gasteiger partial charge in [-0.15, -0.1) is 0 Å². The molecule has 0 bridgehead atoms. The van der Waals surface area contributed by atoms with Crippen LogP contribution in [0.1, 0.15) is 5.69 Å². The molecule has 0 atom stereocenters. The number of aromatic amines is 2. The van der Waals surface area contributed by atoms with Gasteiger partial charge < -0.3 is 10.7 Å². The summed E-state index contributed by atoms with van der Waals surface area (Å²) in [6.45, 7) is 1.95. The zero-order valence-electron chi connectivity index (χ0n) is 9.82. The molecule has 0 aliphatic heterocycles. The van der Waals surface area contributed by atoms with Crippen LogP contribution in [0.3, 0.4) is 0 Å². The minimum atomic E-state index is -0.248. The Morgan fingerprint density at radius 1 is 1.22 bits per heavy atom. The molecule has 0 unspecified atom stereocenters. The summed E-state index contributed by atoms with van der Waals surface area (Å²) in [6, 6.07) is 9.35. The number of para-hydroxylation sites is 1. The maximum Gasteiger partial charge on any atom is 0.252 e. The van der Waals surface area contributed by atoms with Crippen molar-refractivity contribution >= 4 is 16.9 Å². The van der Waals surface area contributed by atoms with Gasteiger partial charge in [-0.25, -0.2) is 4.98 Å². The fourth-order valence-electron chi connectivity index (χ4n) is 2.21. The highest BCUT2D eigenvalue weighted by Gasteiger charge is 2.12. The molecule has 18 heavy (non-hydrogen) atoms. The average molecular weight is 240 g/mol. The molecule has 3 aromatic rings. The van der Waals surface area contributed by atoms with Crippen molar-refractivity contribution < 1.29 is 0 Å². The predicted molar refractivity (Wildman–Crippen MR) is 71.3 cm³/mol. The van der Waals surface area contributed by atoms with E-state index in [2.05, 4.69) is 15.0 Å². The van der Waals surface area contributed by atoms with Gasteiger partial charge in [0.2, 0.25) is 5.95 Å². The van der Waals surface area contributed by atoms with Crippen LogP contribution in [-0.2, 0) is 0 Å². The van der Waals surface area contributed by atoms with E-state index < -0.39 is 0 Å². The Balaban J connectivity index is 2.37. The summed E-state index contributed by atoms with van der Waals surface area (Å²) in [5, 5.41) is 1.03. The average Bonchev–Trinajstić information content (AvgIpc) is 2.63. The van der Waals surface area contributed by atoms with Crippen LogP contribution in [0.4, 0.5) is 5.95 Å². The molecule has 5 heteroatoms. The first-order valence-electron chi connectivity index (χ1n) is 5.59. The SMILES string of the molecule is Cc1[nH]c2ccccc2c1-c1cc(=O)[nH]c(N)n1. The number of benzene rings is 1. The number of nitrogen functional groups attached to an aromatic ring is 1. The van der Waals surface area contributed by atoms with Crippen molar-refractivity contribution in [1.29, 1.82) is 0 Å². The molecular weight excluding hydrogens is 228 g/mol. The number of rotatable bonds is 1. The summed E-state index contributed by atoms with van der Waals surface area (Å²) in [5.74, 6) is 0.127. The summed E-state index contributed by atoms with van der Waals surface area (Å²) in [4.78, 5) is 21.4. The van der Waals surface area contributed by atoms with E-state index in [1.165, 1.54) is 6.07 Å². The van der Waals surface area contributed by atoms with Crippen molar-refractivity contribution in [3.63, 3.8) is 0 Å². The lowest BCUT2D eigenvalue weighted by molar-refractivity contribution is 1.14. The van der Waals surface area contributed by atoms with Crippen molar-refractivity contribution in [2.75, 3.05) is 5.73 Å². The molecule has 0 saturated carbocycles. The van der Waals surface area contributed by atoms with Gasteiger partial charge in [-0.2, -0.15) is 0 Å². The number of anilines is 1. The van der Waals surface area contributed by atoms with Gasteiger partial charge in [0.1, 0.15) is 0 Å². The standard InChI is InChI=1S/C13H12N4O/c1-7-12(8-4-2-3-5-9(8)15-7)10-6-11(18)17-13(14)16-10/h2-6,15H,1H3,(H3,14,16,17,18). The number of nitrogens with one attached hydrogen (secondary N) is 2. The third-order valence-corrected chi connectivity index (χ3v) is 2.91. The molecule has 0 spiro atoms. The maximum absolute atomic E-state index is 11.5. The lowest BCUT2D eigenvalue weighted by Crippen LogP contribution is -2.10. The first-order chi connectivity index (χ1) is 8.65. The topological polar surface area (TPSA) is 87.6 Å². The van der Waals surface area contributed by atoms with E-state index in [4.69, 9.17) is 5.73 Å². The van der Waals surface area contributed by atoms with E-state index in [9.17, 15) is 4.79 Å². The van der Waals surface area contributed by atoms with Crippen LogP contribution in [-0.4, -0.2) is 15.0 Å². The van der Waals surface area contributed by atoms with E-state index in [1.54, 1.807) is 0 Å². The van der Waals surface area contributed by atoms with Crippen molar-refractivity contribution in [3.8, 4) is 11.3 Å². The molecule has 1 aromatic carbocycles. The molecular formula is C13H12N4O. The van der Waals surface area contributed by atoms with Gasteiger partial charge in [0, 0.05) is 28.2 Å². The molecule has 0 amide bonds. The zero-order valence-corrected chi connectivity index (χ0v) is 9.82. The Labute approximate surface area is 103 Å². The van der Waals surface area contributed by atoms with Crippen LogP contribution >= 0.6 is 0 Å². The quantitative estimate of drug-likeness (QED) is 0.606.